The molecule has 136 valence electrons. The Morgan fingerprint density at radius 1 is 1.24 bits per heavy atom. The Hall–Kier alpha value is -2.05. The molecule has 3 rings (SSSR count). The van der Waals surface area contributed by atoms with Crippen LogP contribution in [0, 0.1) is 12.3 Å². The zero-order valence-corrected chi connectivity index (χ0v) is 15.4. The van der Waals surface area contributed by atoms with E-state index in [1.54, 1.807) is 0 Å². The van der Waals surface area contributed by atoms with Crippen LogP contribution in [-0.4, -0.2) is 35.3 Å². The number of halogens is 1. The second-order valence-electron chi connectivity index (χ2n) is 6.92. The molecule has 0 atom stereocenters. The van der Waals surface area contributed by atoms with E-state index in [4.69, 9.17) is 0 Å². The van der Waals surface area contributed by atoms with Gasteiger partial charge in [-0.25, -0.2) is 4.68 Å². The lowest BCUT2D eigenvalue weighted by molar-refractivity contribution is 0.0917. The van der Waals surface area contributed by atoms with Crippen molar-refractivity contribution in [1.82, 2.24) is 20.4 Å². The van der Waals surface area contributed by atoms with Crippen LogP contribution in [0.5, 0.6) is 0 Å². The van der Waals surface area contributed by atoms with Crippen LogP contribution < -0.4 is 16.2 Å². The number of amides is 1. The van der Waals surface area contributed by atoms with E-state index in [9.17, 15) is 9.59 Å². The highest BCUT2D eigenvalue weighted by Crippen LogP contribution is 2.26. The fraction of sp³-hybridized carbons (Fsp3) is 0.444. The zero-order chi connectivity index (χ0) is 17.2. The van der Waals surface area contributed by atoms with Crippen molar-refractivity contribution in [2.24, 2.45) is 5.41 Å². The van der Waals surface area contributed by atoms with E-state index in [0.29, 0.717) is 6.54 Å². The van der Waals surface area contributed by atoms with Gasteiger partial charge in [-0.15, -0.1) is 12.4 Å². The molecule has 6 nitrogen and oxygen atoms in total. The molecule has 0 bridgehead atoms. The van der Waals surface area contributed by atoms with Crippen molar-refractivity contribution < 1.29 is 4.79 Å². The van der Waals surface area contributed by atoms with E-state index >= 15 is 0 Å². The van der Waals surface area contributed by atoms with Crippen LogP contribution in [-0.2, 0) is 0 Å². The van der Waals surface area contributed by atoms with Crippen LogP contribution >= 0.6 is 12.4 Å². The van der Waals surface area contributed by atoms with E-state index in [1.807, 2.05) is 31.2 Å². The SMILES string of the molecule is Cc1ccc(-n2[nH]c(C(=O)NCC3(C)CCNCC3)cc2=O)cc1.Cl. The lowest BCUT2D eigenvalue weighted by atomic mass is 9.81. The Kier molecular flexibility index (Phi) is 6.08. The Morgan fingerprint density at radius 2 is 1.88 bits per heavy atom. The van der Waals surface area contributed by atoms with Crippen LogP contribution in [0.2, 0.25) is 0 Å². The van der Waals surface area contributed by atoms with Crippen molar-refractivity contribution in [3.05, 3.63) is 51.9 Å². The fourth-order valence-electron chi connectivity index (χ4n) is 2.99. The Balaban J connectivity index is 0.00000225. The van der Waals surface area contributed by atoms with Crippen molar-refractivity contribution in [3.63, 3.8) is 0 Å². The molecule has 3 N–H and O–H groups in total. The summed E-state index contributed by atoms with van der Waals surface area (Å²) in [7, 11) is 0. The van der Waals surface area contributed by atoms with Crippen LogP contribution in [0.25, 0.3) is 5.69 Å². The summed E-state index contributed by atoms with van der Waals surface area (Å²) < 4.78 is 1.39. The summed E-state index contributed by atoms with van der Waals surface area (Å²) in [5, 5.41) is 9.19. The molecule has 1 aromatic carbocycles. The van der Waals surface area contributed by atoms with Gasteiger partial charge in [0.05, 0.1) is 5.69 Å². The van der Waals surface area contributed by atoms with Gasteiger partial charge in [-0.2, -0.15) is 0 Å². The molecule has 1 aromatic heterocycles. The number of hydrogen-bond acceptors (Lipinski definition) is 3. The van der Waals surface area contributed by atoms with Crippen molar-refractivity contribution >= 4 is 18.3 Å². The van der Waals surface area contributed by atoms with Crippen molar-refractivity contribution in [2.45, 2.75) is 26.7 Å². The van der Waals surface area contributed by atoms with Gasteiger partial charge in [-0.3, -0.25) is 14.7 Å². The van der Waals surface area contributed by atoms with E-state index in [-0.39, 0.29) is 35.0 Å². The number of H-pyrrole nitrogens is 1. The van der Waals surface area contributed by atoms with E-state index < -0.39 is 0 Å². The van der Waals surface area contributed by atoms with E-state index in [1.165, 1.54) is 10.7 Å². The Bertz CT molecular complexity index is 773. The average Bonchev–Trinajstić information content (AvgIpc) is 2.96. The molecule has 2 aromatic rings. The first-order valence-electron chi connectivity index (χ1n) is 8.35. The number of carbonyl (C=O) groups excluding carboxylic acids is 1. The third-order valence-electron chi connectivity index (χ3n) is 4.74. The molecular weight excluding hydrogens is 340 g/mol. The maximum atomic E-state index is 12.4. The van der Waals surface area contributed by atoms with Crippen LogP contribution in [0.15, 0.2) is 35.1 Å². The number of benzene rings is 1. The van der Waals surface area contributed by atoms with Crippen LogP contribution in [0.1, 0.15) is 35.8 Å². The molecule has 25 heavy (non-hydrogen) atoms. The molecule has 1 aliphatic heterocycles. The number of aromatic nitrogens is 2. The maximum absolute atomic E-state index is 12.4. The highest BCUT2D eigenvalue weighted by molar-refractivity contribution is 5.92. The molecule has 0 saturated carbocycles. The van der Waals surface area contributed by atoms with Gasteiger partial charge in [0.1, 0.15) is 5.69 Å². The van der Waals surface area contributed by atoms with Crippen molar-refractivity contribution in [1.29, 1.82) is 0 Å². The summed E-state index contributed by atoms with van der Waals surface area (Å²) in [4.78, 5) is 24.5. The molecule has 0 radical (unpaired) electrons. The van der Waals surface area contributed by atoms with Gasteiger partial charge in [-0.05, 0) is 50.4 Å². The number of nitrogens with one attached hydrogen (secondary N) is 3. The minimum atomic E-state index is -0.239. The van der Waals surface area contributed by atoms with Crippen LogP contribution in [0.4, 0.5) is 0 Å². The smallest absolute Gasteiger partial charge is 0.271 e. The molecule has 2 heterocycles. The number of rotatable bonds is 4. The average molecular weight is 365 g/mol. The minimum absolute atomic E-state index is 0. The van der Waals surface area contributed by atoms with E-state index in [2.05, 4.69) is 22.7 Å². The highest BCUT2D eigenvalue weighted by atomic mass is 35.5. The summed E-state index contributed by atoms with van der Waals surface area (Å²) >= 11 is 0. The van der Waals surface area contributed by atoms with Gasteiger partial charge < -0.3 is 10.6 Å². The highest BCUT2D eigenvalue weighted by Gasteiger charge is 2.27. The van der Waals surface area contributed by atoms with Gasteiger partial charge in [0.2, 0.25) is 0 Å². The van der Waals surface area contributed by atoms with Crippen LogP contribution in [0.3, 0.4) is 0 Å². The summed E-state index contributed by atoms with van der Waals surface area (Å²) in [6.45, 7) is 6.75. The van der Waals surface area contributed by atoms with Gasteiger partial charge in [0, 0.05) is 12.6 Å². The molecule has 1 saturated heterocycles. The summed E-state index contributed by atoms with van der Waals surface area (Å²) in [5.41, 5.74) is 2.00. The standard InChI is InChI=1S/C18H24N4O2.ClH/c1-13-3-5-14(6-4-13)22-16(23)11-15(21-22)17(24)20-12-18(2)7-9-19-10-8-18;/h3-6,11,19,21H,7-10,12H2,1-2H3,(H,20,24);1H. The Morgan fingerprint density at radius 3 is 2.52 bits per heavy atom. The van der Waals surface area contributed by atoms with Gasteiger partial charge in [0.25, 0.3) is 11.5 Å². The number of piperidine rings is 1. The normalized spacial score (nSPS) is 16.1. The Labute approximate surface area is 153 Å². The molecule has 1 amide bonds. The zero-order valence-electron chi connectivity index (χ0n) is 14.6. The van der Waals surface area contributed by atoms with Gasteiger partial charge in [-0.1, -0.05) is 24.6 Å². The lowest BCUT2D eigenvalue weighted by Gasteiger charge is -2.34. The molecule has 1 aliphatic rings. The van der Waals surface area contributed by atoms with Gasteiger partial charge in [0.15, 0.2) is 0 Å². The quantitative estimate of drug-likeness (QED) is 0.776. The topological polar surface area (TPSA) is 78.9 Å². The van der Waals surface area contributed by atoms with Crippen molar-refractivity contribution in [3.8, 4) is 5.69 Å². The first kappa shape index (κ1) is 19.3. The monoisotopic (exact) mass is 364 g/mol. The number of carbonyl (C=O) groups is 1. The first-order valence-corrected chi connectivity index (χ1v) is 8.35. The molecule has 0 spiro atoms. The first-order chi connectivity index (χ1) is 11.5. The maximum Gasteiger partial charge on any atom is 0.271 e. The van der Waals surface area contributed by atoms with Crippen molar-refractivity contribution in [2.75, 3.05) is 19.6 Å². The molecule has 1 fully saturated rings. The second-order valence-corrected chi connectivity index (χ2v) is 6.92. The summed E-state index contributed by atoms with van der Waals surface area (Å²) in [6.07, 6.45) is 2.07. The number of hydrogen-bond donors (Lipinski definition) is 3. The molecule has 0 unspecified atom stereocenters. The molecular formula is C18H25ClN4O2. The fourth-order valence-corrected chi connectivity index (χ4v) is 2.99. The van der Waals surface area contributed by atoms with E-state index in [0.717, 1.165) is 37.2 Å². The number of nitrogens with zero attached hydrogens (tertiary/aromatic N) is 1. The molecule has 7 heteroatoms. The third kappa shape index (κ3) is 4.52. The lowest BCUT2D eigenvalue weighted by Crippen LogP contribution is -2.43. The van der Waals surface area contributed by atoms with Gasteiger partial charge >= 0.3 is 0 Å². The second kappa shape index (κ2) is 7.89. The summed E-state index contributed by atoms with van der Waals surface area (Å²) in [5.74, 6) is -0.238. The largest absolute Gasteiger partial charge is 0.350 e. The predicted molar refractivity (Wildman–Crippen MR) is 101 cm³/mol. The predicted octanol–water partition coefficient (Wildman–Crippen LogP) is 2.02. The summed E-state index contributed by atoms with van der Waals surface area (Å²) in [6, 6.07) is 8.91. The number of aromatic amines is 1. The third-order valence-corrected chi connectivity index (χ3v) is 4.74. The minimum Gasteiger partial charge on any atom is -0.350 e. The number of aryl methyl sites for hydroxylation is 1. The molecule has 0 aliphatic carbocycles.